The van der Waals surface area contributed by atoms with Crippen LogP contribution in [0.2, 0.25) is 0 Å². The molecule has 0 saturated heterocycles. The largest absolute Gasteiger partial charge is 0.349 e. The molecule has 1 N–H and O–H groups in total. The second kappa shape index (κ2) is 5.45. The predicted octanol–water partition coefficient (Wildman–Crippen LogP) is 3.13. The third kappa shape index (κ3) is 3.35. The van der Waals surface area contributed by atoms with Crippen molar-refractivity contribution < 1.29 is 4.79 Å². The zero-order valence-corrected chi connectivity index (χ0v) is 11.2. The SMILES string of the molecule is O=C(NC1CC1)c1ccc(Sc2ccccn2)cc1. The zero-order chi connectivity index (χ0) is 13.1. The highest BCUT2D eigenvalue weighted by Crippen LogP contribution is 2.26. The molecule has 3 nitrogen and oxygen atoms in total. The van der Waals surface area contributed by atoms with Crippen LogP contribution in [-0.4, -0.2) is 16.9 Å². The number of carbonyl (C=O) groups is 1. The van der Waals surface area contributed by atoms with Crippen LogP contribution in [0, 0.1) is 0 Å². The number of nitrogens with zero attached hydrogens (tertiary/aromatic N) is 1. The van der Waals surface area contributed by atoms with Crippen molar-refractivity contribution in [3.05, 3.63) is 54.2 Å². The molecular formula is C15H14N2OS. The monoisotopic (exact) mass is 270 g/mol. The number of amides is 1. The number of nitrogens with one attached hydrogen (secondary N) is 1. The highest BCUT2D eigenvalue weighted by Gasteiger charge is 2.23. The topological polar surface area (TPSA) is 42.0 Å². The highest BCUT2D eigenvalue weighted by molar-refractivity contribution is 7.99. The first kappa shape index (κ1) is 12.2. The molecule has 0 bridgehead atoms. The Hall–Kier alpha value is -1.81. The lowest BCUT2D eigenvalue weighted by atomic mass is 10.2. The Balaban J connectivity index is 1.66. The van der Waals surface area contributed by atoms with Crippen molar-refractivity contribution in [1.29, 1.82) is 0 Å². The first-order valence-corrected chi connectivity index (χ1v) is 7.13. The molecule has 1 aromatic heterocycles. The van der Waals surface area contributed by atoms with Gasteiger partial charge in [-0.05, 0) is 49.2 Å². The molecule has 0 radical (unpaired) electrons. The fourth-order valence-corrected chi connectivity index (χ4v) is 2.47. The molecule has 1 aliphatic carbocycles. The molecule has 1 saturated carbocycles. The number of rotatable bonds is 4. The van der Waals surface area contributed by atoms with Crippen molar-refractivity contribution in [2.75, 3.05) is 0 Å². The molecular weight excluding hydrogens is 256 g/mol. The van der Waals surface area contributed by atoms with Crippen molar-refractivity contribution >= 4 is 17.7 Å². The first-order valence-electron chi connectivity index (χ1n) is 6.31. The zero-order valence-electron chi connectivity index (χ0n) is 10.4. The Labute approximate surface area is 116 Å². The van der Waals surface area contributed by atoms with Gasteiger partial charge in [0.25, 0.3) is 5.91 Å². The molecule has 19 heavy (non-hydrogen) atoms. The maximum atomic E-state index is 11.8. The average Bonchev–Trinajstić information content (AvgIpc) is 3.25. The van der Waals surface area contributed by atoms with Gasteiger partial charge in [0, 0.05) is 22.7 Å². The second-order valence-corrected chi connectivity index (χ2v) is 5.64. The Morgan fingerprint density at radius 2 is 1.95 bits per heavy atom. The maximum absolute atomic E-state index is 11.8. The van der Waals surface area contributed by atoms with E-state index in [0.29, 0.717) is 6.04 Å². The number of carbonyl (C=O) groups excluding carboxylic acids is 1. The lowest BCUT2D eigenvalue weighted by Gasteiger charge is -2.04. The quantitative estimate of drug-likeness (QED) is 0.928. The molecule has 1 aliphatic rings. The summed E-state index contributed by atoms with van der Waals surface area (Å²) in [5, 5.41) is 3.94. The molecule has 1 fully saturated rings. The summed E-state index contributed by atoms with van der Waals surface area (Å²) in [6.07, 6.45) is 4.00. The smallest absolute Gasteiger partial charge is 0.251 e. The van der Waals surface area contributed by atoms with Gasteiger partial charge < -0.3 is 5.32 Å². The van der Waals surface area contributed by atoms with Gasteiger partial charge in [0.1, 0.15) is 5.03 Å². The lowest BCUT2D eigenvalue weighted by Crippen LogP contribution is -2.25. The van der Waals surface area contributed by atoms with E-state index in [2.05, 4.69) is 10.3 Å². The standard InChI is InChI=1S/C15H14N2OS/c18-15(17-12-6-7-12)11-4-8-13(9-5-11)19-14-3-1-2-10-16-14/h1-5,8-10,12H,6-7H2,(H,17,18). The number of benzene rings is 1. The van der Waals surface area contributed by atoms with Gasteiger partial charge in [0.2, 0.25) is 0 Å². The fourth-order valence-electron chi connectivity index (χ4n) is 1.70. The molecule has 3 rings (SSSR count). The molecule has 4 heteroatoms. The van der Waals surface area contributed by atoms with Crippen LogP contribution < -0.4 is 5.32 Å². The first-order chi connectivity index (χ1) is 9.31. The van der Waals surface area contributed by atoms with Crippen LogP contribution in [0.1, 0.15) is 23.2 Å². The third-order valence-corrected chi connectivity index (χ3v) is 3.85. The van der Waals surface area contributed by atoms with Crippen molar-refractivity contribution in [2.45, 2.75) is 28.8 Å². The minimum absolute atomic E-state index is 0.0249. The van der Waals surface area contributed by atoms with Gasteiger partial charge in [-0.25, -0.2) is 4.98 Å². The molecule has 0 unspecified atom stereocenters. The Kier molecular flexibility index (Phi) is 3.51. The maximum Gasteiger partial charge on any atom is 0.251 e. The Morgan fingerprint density at radius 3 is 2.58 bits per heavy atom. The summed E-state index contributed by atoms with van der Waals surface area (Å²) in [6, 6.07) is 13.9. The number of pyridine rings is 1. The van der Waals surface area contributed by atoms with E-state index in [-0.39, 0.29) is 5.91 Å². The number of hydrogen-bond acceptors (Lipinski definition) is 3. The molecule has 1 amide bonds. The van der Waals surface area contributed by atoms with Gasteiger partial charge >= 0.3 is 0 Å². The summed E-state index contributed by atoms with van der Waals surface area (Å²) >= 11 is 1.59. The third-order valence-electron chi connectivity index (χ3n) is 2.89. The van der Waals surface area contributed by atoms with E-state index in [4.69, 9.17) is 0 Å². The van der Waals surface area contributed by atoms with Gasteiger partial charge in [0.05, 0.1) is 0 Å². The van der Waals surface area contributed by atoms with Gasteiger partial charge in [-0.15, -0.1) is 0 Å². The van der Waals surface area contributed by atoms with Gasteiger partial charge in [0.15, 0.2) is 0 Å². The minimum Gasteiger partial charge on any atom is -0.349 e. The summed E-state index contributed by atoms with van der Waals surface area (Å²) in [5.74, 6) is 0.0249. The van der Waals surface area contributed by atoms with Crippen molar-refractivity contribution in [3.8, 4) is 0 Å². The van der Waals surface area contributed by atoms with Crippen LogP contribution in [0.25, 0.3) is 0 Å². The normalized spacial score (nSPS) is 14.1. The van der Waals surface area contributed by atoms with Crippen LogP contribution in [0.4, 0.5) is 0 Å². The van der Waals surface area contributed by atoms with Crippen LogP contribution in [0.15, 0.2) is 58.6 Å². The minimum atomic E-state index is 0.0249. The number of hydrogen-bond donors (Lipinski definition) is 1. The summed E-state index contributed by atoms with van der Waals surface area (Å²) in [5.41, 5.74) is 0.720. The van der Waals surface area contributed by atoms with Crippen LogP contribution in [0.3, 0.4) is 0 Å². The summed E-state index contributed by atoms with van der Waals surface area (Å²) in [7, 11) is 0. The van der Waals surface area contributed by atoms with E-state index in [0.717, 1.165) is 28.3 Å². The molecule has 1 heterocycles. The predicted molar refractivity (Wildman–Crippen MR) is 75.3 cm³/mol. The molecule has 2 aromatic rings. The van der Waals surface area contributed by atoms with Gasteiger partial charge in [-0.3, -0.25) is 4.79 Å². The molecule has 0 aliphatic heterocycles. The van der Waals surface area contributed by atoms with Gasteiger partial charge in [-0.2, -0.15) is 0 Å². The molecule has 0 spiro atoms. The van der Waals surface area contributed by atoms with E-state index in [9.17, 15) is 4.79 Å². The van der Waals surface area contributed by atoms with Crippen LogP contribution in [0.5, 0.6) is 0 Å². The van der Waals surface area contributed by atoms with Crippen molar-refractivity contribution in [3.63, 3.8) is 0 Å². The fraction of sp³-hybridized carbons (Fsp3) is 0.200. The highest BCUT2D eigenvalue weighted by atomic mass is 32.2. The van der Waals surface area contributed by atoms with Crippen molar-refractivity contribution in [2.24, 2.45) is 0 Å². The van der Waals surface area contributed by atoms with Crippen LogP contribution >= 0.6 is 11.8 Å². The second-order valence-electron chi connectivity index (χ2n) is 4.54. The molecule has 1 aromatic carbocycles. The molecule has 96 valence electrons. The van der Waals surface area contributed by atoms with E-state index < -0.39 is 0 Å². The van der Waals surface area contributed by atoms with E-state index in [1.165, 1.54) is 0 Å². The van der Waals surface area contributed by atoms with E-state index in [1.807, 2.05) is 42.5 Å². The summed E-state index contributed by atoms with van der Waals surface area (Å²) in [6.45, 7) is 0. The van der Waals surface area contributed by atoms with Crippen molar-refractivity contribution in [1.82, 2.24) is 10.3 Å². The van der Waals surface area contributed by atoms with E-state index >= 15 is 0 Å². The lowest BCUT2D eigenvalue weighted by molar-refractivity contribution is 0.0951. The average molecular weight is 270 g/mol. The van der Waals surface area contributed by atoms with Gasteiger partial charge in [-0.1, -0.05) is 17.8 Å². The molecule has 0 atom stereocenters. The number of aromatic nitrogens is 1. The van der Waals surface area contributed by atoms with E-state index in [1.54, 1.807) is 18.0 Å². The Bertz CT molecular complexity index is 564. The summed E-state index contributed by atoms with van der Waals surface area (Å²) in [4.78, 5) is 17.2. The van der Waals surface area contributed by atoms with Crippen LogP contribution in [-0.2, 0) is 0 Å². The Morgan fingerprint density at radius 1 is 1.16 bits per heavy atom. The summed E-state index contributed by atoms with van der Waals surface area (Å²) < 4.78 is 0.